The fraction of sp³-hybridized carbons (Fsp3) is 0.286. The van der Waals surface area contributed by atoms with E-state index in [1.807, 2.05) is 30.6 Å². The normalized spacial score (nSPS) is 18.8. The number of hydrogen-bond acceptors (Lipinski definition) is 4. The maximum absolute atomic E-state index is 4.37. The Morgan fingerprint density at radius 2 is 1.83 bits per heavy atom. The standard InChI is InChI=1S/C14H16N4/c1-2-4-11(5-3-1)12-8-16-14(17-9-12)18-13-6-7-15-10-13/h1-5,8-9,13,15H,6-7,10H2,(H,16,17,18). The molecule has 0 bridgehead atoms. The smallest absolute Gasteiger partial charge is 0.222 e. The van der Waals surface area contributed by atoms with Crippen molar-refractivity contribution in [3.8, 4) is 11.1 Å². The van der Waals surface area contributed by atoms with Crippen LogP contribution in [0.25, 0.3) is 11.1 Å². The predicted octanol–water partition coefficient (Wildman–Crippen LogP) is 1.92. The number of benzene rings is 1. The van der Waals surface area contributed by atoms with Crippen molar-refractivity contribution in [2.24, 2.45) is 0 Å². The van der Waals surface area contributed by atoms with Crippen molar-refractivity contribution in [1.82, 2.24) is 15.3 Å². The molecule has 1 aliphatic heterocycles. The van der Waals surface area contributed by atoms with Gasteiger partial charge in [-0.1, -0.05) is 30.3 Å². The first-order valence-corrected chi connectivity index (χ1v) is 6.26. The molecule has 92 valence electrons. The van der Waals surface area contributed by atoms with E-state index in [-0.39, 0.29) is 0 Å². The van der Waals surface area contributed by atoms with Gasteiger partial charge in [0.15, 0.2) is 0 Å². The molecule has 1 aromatic heterocycles. The van der Waals surface area contributed by atoms with Crippen molar-refractivity contribution < 1.29 is 0 Å². The minimum atomic E-state index is 0.451. The zero-order valence-electron chi connectivity index (χ0n) is 10.1. The van der Waals surface area contributed by atoms with E-state index in [1.165, 1.54) is 0 Å². The Kier molecular flexibility index (Phi) is 3.19. The Morgan fingerprint density at radius 1 is 1.06 bits per heavy atom. The predicted molar refractivity (Wildman–Crippen MR) is 72.4 cm³/mol. The molecular formula is C14H16N4. The Morgan fingerprint density at radius 3 is 2.50 bits per heavy atom. The highest BCUT2D eigenvalue weighted by Gasteiger charge is 2.14. The van der Waals surface area contributed by atoms with Crippen molar-refractivity contribution in [3.63, 3.8) is 0 Å². The lowest BCUT2D eigenvalue weighted by molar-refractivity contribution is 0.780. The number of nitrogens with one attached hydrogen (secondary N) is 2. The molecule has 1 fully saturated rings. The summed E-state index contributed by atoms with van der Waals surface area (Å²) in [5.74, 6) is 0.711. The van der Waals surface area contributed by atoms with Gasteiger partial charge in [-0.25, -0.2) is 9.97 Å². The number of rotatable bonds is 3. The van der Waals surface area contributed by atoms with Gasteiger partial charge in [0.2, 0.25) is 5.95 Å². The first-order valence-electron chi connectivity index (χ1n) is 6.26. The van der Waals surface area contributed by atoms with Crippen LogP contribution in [0.15, 0.2) is 42.7 Å². The lowest BCUT2D eigenvalue weighted by atomic mass is 10.1. The molecule has 1 unspecified atom stereocenters. The van der Waals surface area contributed by atoms with Crippen molar-refractivity contribution >= 4 is 5.95 Å². The largest absolute Gasteiger partial charge is 0.350 e. The third kappa shape index (κ3) is 2.49. The Hall–Kier alpha value is -1.94. The summed E-state index contributed by atoms with van der Waals surface area (Å²) in [4.78, 5) is 8.74. The van der Waals surface area contributed by atoms with Crippen molar-refractivity contribution in [1.29, 1.82) is 0 Å². The summed E-state index contributed by atoms with van der Waals surface area (Å²) in [6.45, 7) is 2.06. The van der Waals surface area contributed by atoms with Crippen LogP contribution < -0.4 is 10.6 Å². The maximum Gasteiger partial charge on any atom is 0.222 e. The molecule has 0 saturated carbocycles. The Balaban J connectivity index is 1.72. The van der Waals surface area contributed by atoms with E-state index >= 15 is 0 Å². The highest BCUT2D eigenvalue weighted by Crippen LogP contribution is 2.17. The van der Waals surface area contributed by atoms with Crippen LogP contribution in [0.1, 0.15) is 6.42 Å². The van der Waals surface area contributed by atoms with Crippen LogP contribution in [0.4, 0.5) is 5.95 Å². The van der Waals surface area contributed by atoms with Crippen molar-refractivity contribution in [2.75, 3.05) is 18.4 Å². The molecule has 1 atom stereocenters. The Labute approximate surface area is 106 Å². The van der Waals surface area contributed by atoms with E-state index in [2.05, 4.69) is 32.7 Å². The second-order valence-electron chi connectivity index (χ2n) is 4.50. The van der Waals surface area contributed by atoms with E-state index in [0.29, 0.717) is 12.0 Å². The number of hydrogen-bond donors (Lipinski definition) is 2. The van der Waals surface area contributed by atoms with Crippen LogP contribution >= 0.6 is 0 Å². The molecule has 0 amide bonds. The number of anilines is 1. The van der Waals surface area contributed by atoms with E-state index in [1.54, 1.807) is 0 Å². The molecule has 1 aromatic carbocycles. The lowest BCUT2D eigenvalue weighted by Crippen LogP contribution is -2.23. The fourth-order valence-electron chi connectivity index (χ4n) is 2.14. The van der Waals surface area contributed by atoms with Gasteiger partial charge in [-0.15, -0.1) is 0 Å². The first kappa shape index (κ1) is 11.2. The van der Waals surface area contributed by atoms with Crippen molar-refractivity contribution in [3.05, 3.63) is 42.7 Å². The molecule has 0 aliphatic carbocycles. The summed E-state index contributed by atoms with van der Waals surface area (Å²) >= 11 is 0. The highest BCUT2D eigenvalue weighted by molar-refractivity contribution is 5.61. The van der Waals surface area contributed by atoms with E-state index < -0.39 is 0 Å². The van der Waals surface area contributed by atoms with Gasteiger partial charge in [0, 0.05) is 30.5 Å². The quantitative estimate of drug-likeness (QED) is 0.860. The highest BCUT2D eigenvalue weighted by atomic mass is 15.1. The molecule has 1 saturated heterocycles. The summed E-state index contributed by atoms with van der Waals surface area (Å²) in [7, 11) is 0. The molecular weight excluding hydrogens is 224 g/mol. The van der Waals surface area contributed by atoms with Crippen LogP contribution in [-0.4, -0.2) is 29.1 Å². The summed E-state index contributed by atoms with van der Waals surface area (Å²) in [6.07, 6.45) is 4.86. The zero-order valence-corrected chi connectivity index (χ0v) is 10.1. The van der Waals surface area contributed by atoms with Gasteiger partial charge in [-0.2, -0.15) is 0 Å². The third-order valence-corrected chi connectivity index (χ3v) is 3.15. The average molecular weight is 240 g/mol. The van der Waals surface area contributed by atoms with Gasteiger partial charge in [0.05, 0.1) is 0 Å². The molecule has 2 aromatic rings. The van der Waals surface area contributed by atoms with E-state index in [9.17, 15) is 0 Å². The fourth-order valence-corrected chi connectivity index (χ4v) is 2.14. The first-order chi connectivity index (χ1) is 8.92. The molecule has 4 heteroatoms. The monoisotopic (exact) mass is 240 g/mol. The maximum atomic E-state index is 4.37. The lowest BCUT2D eigenvalue weighted by Gasteiger charge is -2.10. The summed E-state index contributed by atoms with van der Waals surface area (Å²) < 4.78 is 0. The third-order valence-electron chi connectivity index (χ3n) is 3.15. The average Bonchev–Trinajstić information content (AvgIpc) is 2.94. The molecule has 1 aliphatic rings. The Bertz CT molecular complexity index is 489. The molecule has 0 radical (unpaired) electrons. The van der Waals surface area contributed by atoms with E-state index in [4.69, 9.17) is 0 Å². The molecule has 2 N–H and O–H groups in total. The van der Waals surface area contributed by atoms with Gasteiger partial charge in [-0.3, -0.25) is 0 Å². The van der Waals surface area contributed by atoms with Gasteiger partial charge in [-0.05, 0) is 18.5 Å². The van der Waals surface area contributed by atoms with Crippen LogP contribution in [-0.2, 0) is 0 Å². The zero-order chi connectivity index (χ0) is 12.2. The van der Waals surface area contributed by atoms with Crippen LogP contribution in [0.2, 0.25) is 0 Å². The molecule has 0 spiro atoms. The minimum Gasteiger partial charge on any atom is -0.350 e. The van der Waals surface area contributed by atoms with Gasteiger partial charge < -0.3 is 10.6 Å². The molecule has 4 nitrogen and oxygen atoms in total. The molecule has 2 heterocycles. The van der Waals surface area contributed by atoms with Gasteiger partial charge in [0.1, 0.15) is 0 Å². The van der Waals surface area contributed by atoms with Gasteiger partial charge in [0.25, 0.3) is 0 Å². The number of nitrogens with zero attached hydrogens (tertiary/aromatic N) is 2. The van der Waals surface area contributed by atoms with E-state index in [0.717, 1.165) is 30.6 Å². The van der Waals surface area contributed by atoms with Crippen molar-refractivity contribution in [2.45, 2.75) is 12.5 Å². The van der Waals surface area contributed by atoms with Crippen LogP contribution in [0.3, 0.4) is 0 Å². The summed E-state index contributed by atoms with van der Waals surface area (Å²) in [5.41, 5.74) is 2.19. The second-order valence-corrected chi connectivity index (χ2v) is 4.50. The SMILES string of the molecule is c1ccc(-c2cnc(NC3CCNC3)nc2)cc1. The van der Waals surface area contributed by atoms with Crippen LogP contribution in [0.5, 0.6) is 0 Å². The minimum absolute atomic E-state index is 0.451. The summed E-state index contributed by atoms with van der Waals surface area (Å²) in [5, 5.41) is 6.65. The topological polar surface area (TPSA) is 49.8 Å². The molecule has 3 rings (SSSR count). The van der Waals surface area contributed by atoms with Gasteiger partial charge >= 0.3 is 0 Å². The summed E-state index contributed by atoms with van der Waals surface area (Å²) in [6, 6.07) is 10.6. The number of aromatic nitrogens is 2. The van der Waals surface area contributed by atoms with Crippen LogP contribution in [0, 0.1) is 0 Å². The molecule has 18 heavy (non-hydrogen) atoms. The second kappa shape index (κ2) is 5.14.